The van der Waals surface area contributed by atoms with Gasteiger partial charge in [0.15, 0.2) is 0 Å². The zero-order valence-corrected chi connectivity index (χ0v) is 15.1. The van der Waals surface area contributed by atoms with Crippen LogP contribution in [-0.4, -0.2) is 83.1 Å². The second-order valence-corrected chi connectivity index (χ2v) is 7.39. The van der Waals surface area contributed by atoms with Crippen molar-refractivity contribution in [1.82, 2.24) is 19.6 Å². The zero-order chi connectivity index (χ0) is 17.6. The number of hydrogen-bond acceptors (Lipinski definition) is 5. The molecule has 2 fully saturated rings. The number of amides is 1. The molecule has 2 aliphatic heterocycles. The van der Waals surface area contributed by atoms with E-state index < -0.39 is 0 Å². The average Bonchev–Trinajstić information content (AvgIpc) is 3.05. The van der Waals surface area contributed by atoms with Crippen LogP contribution in [0, 0.1) is 18.8 Å². The molecule has 2 saturated heterocycles. The van der Waals surface area contributed by atoms with Crippen LogP contribution in [-0.2, 0) is 16.1 Å². The summed E-state index contributed by atoms with van der Waals surface area (Å²) in [7, 11) is 0. The SMILES string of the molecule is Cc1cnn(CCC(=O)N2C[C@@H](CO)C[C@@H](CN3CCOCC3)C2)c1. The van der Waals surface area contributed by atoms with E-state index in [1.54, 1.807) is 0 Å². The summed E-state index contributed by atoms with van der Waals surface area (Å²) in [6.45, 7) is 8.74. The van der Waals surface area contributed by atoms with Crippen molar-refractivity contribution in [2.45, 2.75) is 26.3 Å². The molecule has 1 N–H and O–H groups in total. The molecular formula is C18H30N4O3. The Morgan fingerprint density at radius 2 is 2.08 bits per heavy atom. The Balaban J connectivity index is 1.52. The Morgan fingerprint density at radius 3 is 2.76 bits per heavy atom. The van der Waals surface area contributed by atoms with Crippen LogP contribution in [0.2, 0.25) is 0 Å². The molecule has 0 spiro atoms. The molecule has 1 aromatic rings. The highest BCUT2D eigenvalue weighted by Crippen LogP contribution is 2.23. The molecule has 3 heterocycles. The van der Waals surface area contributed by atoms with Gasteiger partial charge in [-0.25, -0.2) is 0 Å². The van der Waals surface area contributed by atoms with Gasteiger partial charge in [0.25, 0.3) is 0 Å². The van der Waals surface area contributed by atoms with Gasteiger partial charge in [-0.3, -0.25) is 14.4 Å². The minimum Gasteiger partial charge on any atom is -0.396 e. The maximum Gasteiger partial charge on any atom is 0.224 e. The lowest BCUT2D eigenvalue weighted by Crippen LogP contribution is -2.49. The highest BCUT2D eigenvalue weighted by atomic mass is 16.5. The van der Waals surface area contributed by atoms with Crippen molar-refractivity contribution in [3.05, 3.63) is 18.0 Å². The zero-order valence-electron chi connectivity index (χ0n) is 15.1. The van der Waals surface area contributed by atoms with Crippen molar-refractivity contribution >= 4 is 5.91 Å². The summed E-state index contributed by atoms with van der Waals surface area (Å²) in [6, 6.07) is 0. The highest BCUT2D eigenvalue weighted by molar-refractivity contribution is 5.76. The number of carbonyl (C=O) groups excluding carboxylic acids is 1. The Labute approximate surface area is 149 Å². The van der Waals surface area contributed by atoms with Gasteiger partial charge < -0.3 is 14.7 Å². The van der Waals surface area contributed by atoms with Crippen LogP contribution in [0.3, 0.4) is 0 Å². The molecule has 0 unspecified atom stereocenters. The number of morpholine rings is 1. The average molecular weight is 350 g/mol. The number of likely N-dealkylation sites (tertiary alicyclic amines) is 1. The monoisotopic (exact) mass is 350 g/mol. The van der Waals surface area contributed by atoms with E-state index in [9.17, 15) is 9.90 Å². The molecule has 1 aromatic heterocycles. The first kappa shape index (κ1) is 18.4. The molecule has 0 saturated carbocycles. The standard InChI is InChI=1S/C18H30N4O3/c1-15-9-19-22(10-15)3-2-18(24)21-12-16(8-17(13-21)14-23)11-20-4-6-25-7-5-20/h9-10,16-17,23H,2-8,11-14H2,1H3/t16-,17-/m0/s1. The Kier molecular flexibility index (Phi) is 6.45. The number of nitrogens with zero attached hydrogens (tertiary/aromatic N) is 4. The number of rotatable bonds is 6. The van der Waals surface area contributed by atoms with Gasteiger partial charge in [-0.1, -0.05) is 0 Å². The van der Waals surface area contributed by atoms with Crippen molar-refractivity contribution in [2.75, 3.05) is 52.5 Å². The molecule has 3 rings (SSSR count). The minimum atomic E-state index is 0.155. The summed E-state index contributed by atoms with van der Waals surface area (Å²) < 4.78 is 7.24. The van der Waals surface area contributed by atoms with E-state index in [-0.39, 0.29) is 18.4 Å². The van der Waals surface area contributed by atoms with Crippen LogP contribution in [0.5, 0.6) is 0 Å². The van der Waals surface area contributed by atoms with Crippen molar-refractivity contribution in [1.29, 1.82) is 0 Å². The van der Waals surface area contributed by atoms with Crippen molar-refractivity contribution in [2.24, 2.45) is 11.8 Å². The normalized spacial score (nSPS) is 25.3. The van der Waals surface area contributed by atoms with Crippen molar-refractivity contribution in [3.8, 4) is 0 Å². The molecule has 1 amide bonds. The Morgan fingerprint density at radius 1 is 1.32 bits per heavy atom. The van der Waals surface area contributed by atoms with Crippen molar-refractivity contribution in [3.63, 3.8) is 0 Å². The van der Waals surface area contributed by atoms with Gasteiger partial charge in [-0.15, -0.1) is 0 Å². The largest absolute Gasteiger partial charge is 0.396 e. The van der Waals surface area contributed by atoms with Crippen LogP contribution < -0.4 is 0 Å². The highest BCUT2D eigenvalue weighted by Gasteiger charge is 2.30. The number of aliphatic hydroxyl groups excluding tert-OH is 1. The first-order valence-electron chi connectivity index (χ1n) is 9.32. The Bertz CT molecular complexity index is 556. The third-order valence-electron chi connectivity index (χ3n) is 5.17. The van der Waals surface area contributed by atoms with E-state index in [0.717, 1.165) is 51.4 Å². The number of aliphatic hydroxyl groups is 1. The van der Waals surface area contributed by atoms with E-state index in [1.807, 2.05) is 28.9 Å². The summed E-state index contributed by atoms with van der Waals surface area (Å²) in [5.74, 6) is 0.786. The summed E-state index contributed by atoms with van der Waals surface area (Å²) in [6.07, 6.45) is 5.23. The number of aromatic nitrogens is 2. The Hall–Kier alpha value is -1.44. The van der Waals surface area contributed by atoms with Crippen LogP contribution in [0.1, 0.15) is 18.4 Å². The number of hydrogen-bond donors (Lipinski definition) is 1. The molecule has 25 heavy (non-hydrogen) atoms. The second-order valence-electron chi connectivity index (χ2n) is 7.39. The maximum atomic E-state index is 12.6. The fraction of sp³-hybridized carbons (Fsp3) is 0.778. The second kappa shape index (κ2) is 8.78. The molecule has 140 valence electrons. The molecule has 2 aliphatic rings. The van der Waals surface area contributed by atoms with Crippen LogP contribution in [0.4, 0.5) is 0 Å². The molecule has 0 aromatic carbocycles. The molecular weight excluding hydrogens is 320 g/mol. The fourth-order valence-corrected chi connectivity index (χ4v) is 3.89. The number of carbonyl (C=O) groups is 1. The smallest absolute Gasteiger partial charge is 0.224 e. The van der Waals surface area contributed by atoms with Gasteiger partial charge in [0.2, 0.25) is 5.91 Å². The quantitative estimate of drug-likeness (QED) is 0.803. The van der Waals surface area contributed by atoms with Crippen LogP contribution >= 0.6 is 0 Å². The molecule has 7 heteroatoms. The minimum absolute atomic E-state index is 0.155. The lowest BCUT2D eigenvalue weighted by atomic mass is 9.89. The molecule has 0 aliphatic carbocycles. The first-order valence-corrected chi connectivity index (χ1v) is 9.32. The third kappa shape index (κ3) is 5.26. The first-order chi connectivity index (χ1) is 12.1. The van der Waals surface area contributed by atoms with Crippen LogP contribution in [0.25, 0.3) is 0 Å². The number of piperidine rings is 1. The maximum absolute atomic E-state index is 12.6. The van der Waals surface area contributed by atoms with E-state index >= 15 is 0 Å². The number of aryl methyl sites for hydroxylation is 2. The predicted molar refractivity (Wildman–Crippen MR) is 94.1 cm³/mol. The van der Waals surface area contributed by atoms with E-state index in [0.29, 0.717) is 25.4 Å². The van der Waals surface area contributed by atoms with Gasteiger partial charge in [-0.05, 0) is 30.7 Å². The number of ether oxygens (including phenoxy) is 1. The molecule has 0 bridgehead atoms. The molecule has 7 nitrogen and oxygen atoms in total. The summed E-state index contributed by atoms with van der Waals surface area (Å²) in [5.41, 5.74) is 1.11. The third-order valence-corrected chi connectivity index (χ3v) is 5.17. The van der Waals surface area contributed by atoms with Gasteiger partial charge in [0.1, 0.15) is 0 Å². The van der Waals surface area contributed by atoms with Gasteiger partial charge in [-0.2, -0.15) is 5.10 Å². The molecule has 2 atom stereocenters. The lowest BCUT2D eigenvalue weighted by molar-refractivity contribution is -0.135. The summed E-state index contributed by atoms with van der Waals surface area (Å²) >= 11 is 0. The molecule has 0 radical (unpaired) electrons. The predicted octanol–water partition coefficient (Wildman–Crippen LogP) is 0.371. The van der Waals surface area contributed by atoms with E-state index in [4.69, 9.17) is 4.74 Å². The van der Waals surface area contributed by atoms with E-state index in [2.05, 4.69) is 10.00 Å². The van der Waals surface area contributed by atoms with Crippen molar-refractivity contribution < 1.29 is 14.6 Å². The topological polar surface area (TPSA) is 70.8 Å². The van der Waals surface area contributed by atoms with Crippen LogP contribution in [0.15, 0.2) is 12.4 Å². The lowest BCUT2D eigenvalue weighted by Gasteiger charge is -2.40. The van der Waals surface area contributed by atoms with Gasteiger partial charge in [0.05, 0.1) is 19.4 Å². The van der Waals surface area contributed by atoms with Gasteiger partial charge >= 0.3 is 0 Å². The van der Waals surface area contributed by atoms with Gasteiger partial charge in [0, 0.05) is 58.5 Å². The summed E-state index contributed by atoms with van der Waals surface area (Å²) in [4.78, 5) is 17.0. The fourth-order valence-electron chi connectivity index (χ4n) is 3.89. The van der Waals surface area contributed by atoms with E-state index in [1.165, 1.54) is 0 Å². The summed E-state index contributed by atoms with van der Waals surface area (Å²) in [5, 5.41) is 13.9.